The second kappa shape index (κ2) is 8.37. The van der Waals surface area contributed by atoms with Crippen LogP contribution in [0.3, 0.4) is 0 Å². The summed E-state index contributed by atoms with van der Waals surface area (Å²) < 4.78 is 24.7. The van der Waals surface area contributed by atoms with Crippen LogP contribution in [0.5, 0.6) is 5.75 Å². The van der Waals surface area contributed by atoms with E-state index in [-0.39, 0.29) is 35.2 Å². The van der Waals surface area contributed by atoms with E-state index in [1.54, 1.807) is 31.2 Å². The fraction of sp³-hybridized carbons (Fsp3) is 0.167. The number of H-pyrrole nitrogens is 1. The number of rotatable bonds is 6. The molecule has 3 rings (SSSR count). The Balaban J connectivity index is 1.95. The van der Waals surface area contributed by atoms with Gasteiger partial charge in [-0.05, 0) is 37.3 Å². The highest BCUT2D eigenvalue weighted by molar-refractivity contribution is 6.31. The monoisotopic (exact) mass is 409 g/mol. The van der Waals surface area contributed by atoms with Crippen molar-refractivity contribution < 1.29 is 18.7 Å². The van der Waals surface area contributed by atoms with Crippen LogP contribution in [0.4, 0.5) is 4.39 Å². The summed E-state index contributed by atoms with van der Waals surface area (Å²) in [4.78, 5) is 12.1. The normalized spacial score (nSPS) is 10.7. The molecule has 0 saturated heterocycles. The molecule has 3 aromatic rings. The molecular weight excluding hydrogens is 396 g/mol. The molecule has 0 fully saturated rings. The van der Waals surface area contributed by atoms with Crippen molar-refractivity contribution in [1.82, 2.24) is 15.4 Å². The summed E-state index contributed by atoms with van der Waals surface area (Å²) >= 11 is 12.1. The van der Waals surface area contributed by atoms with Gasteiger partial charge < -0.3 is 9.47 Å². The van der Waals surface area contributed by atoms with Gasteiger partial charge in [-0.2, -0.15) is 10.3 Å². The largest absolute Gasteiger partial charge is 0.488 e. The molecule has 140 valence electrons. The van der Waals surface area contributed by atoms with Crippen LogP contribution in [-0.2, 0) is 11.3 Å². The molecule has 0 spiro atoms. The van der Waals surface area contributed by atoms with Crippen LogP contribution in [0.15, 0.2) is 36.4 Å². The Labute approximate surface area is 164 Å². The molecule has 0 aliphatic heterocycles. The lowest BCUT2D eigenvalue weighted by molar-refractivity contribution is 0.0520. The zero-order valence-corrected chi connectivity index (χ0v) is 15.6. The minimum Gasteiger partial charge on any atom is -0.488 e. The third-order valence-electron chi connectivity index (χ3n) is 3.65. The fourth-order valence-corrected chi connectivity index (χ4v) is 2.78. The van der Waals surface area contributed by atoms with E-state index in [4.69, 9.17) is 32.7 Å². The average Bonchev–Trinajstić information content (AvgIpc) is 3.12. The molecular formula is C18H14Cl2FN3O3. The van der Waals surface area contributed by atoms with Crippen molar-refractivity contribution in [2.24, 2.45) is 0 Å². The summed E-state index contributed by atoms with van der Waals surface area (Å²) in [6.45, 7) is 1.76. The Morgan fingerprint density at radius 1 is 1.22 bits per heavy atom. The third kappa shape index (κ3) is 4.20. The van der Waals surface area contributed by atoms with E-state index in [0.717, 1.165) is 0 Å². The number of carbonyl (C=O) groups is 1. The number of aromatic amines is 1. The summed E-state index contributed by atoms with van der Waals surface area (Å²) in [5.41, 5.74) is 0.830. The zero-order valence-electron chi connectivity index (χ0n) is 14.1. The maximum absolute atomic E-state index is 14.0. The van der Waals surface area contributed by atoms with Gasteiger partial charge >= 0.3 is 5.97 Å². The van der Waals surface area contributed by atoms with E-state index in [9.17, 15) is 9.18 Å². The predicted molar refractivity (Wildman–Crippen MR) is 98.5 cm³/mol. The van der Waals surface area contributed by atoms with Crippen molar-refractivity contribution in [3.8, 4) is 17.0 Å². The van der Waals surface area contributed by atoms with Crippen molar-refractivity contribution in [3.05, 3.63) is 63.5 Å². The van der Waals surface area contributed by atoms with Crippen molar-refractivity contribution in [3.63, 3.8) is 0 Å². The van der Waals surface area contributed by atoms with Crippen molar-refractivity contribution >= 4 is 29.2 Å². The van der Waals surface area contributed by atoms with Crippen LogP contribution in [0, 0.1) is 5.82 Å². The fourth-order valence-electron chi connectivity index (χ4n) is 2.39. The second-order valence-electron chi connectivity index (χ2n) is 5.37. The average molecular weight is 410 g/mol. The van der Waals surface area contributed by atoms with Gasteiger partial charge in [-0.25, -0.2) is 9.18 Å². The molecule has 9 heteroatoms. The Hall–Kier alpha value is -2.64. The summed E-state index contributed by atoms with van der Waals surface area (Å²) in [6, 6.07) is 9.15. The van der Waals surface area contributed by atoms with Gasteiger partial charge in [-0.3, -0.25) is 0 Å². The van der Waals surface area contributed by atoms with E-state index in [1.165, 1.54) is 12.1 Å². The number of carbonyl (C=O) groups excluding carboxylic acids is 1. The molecule has 1 N–H and O–H groups in total. The van der Waals surface area contributed by atoms with Crippen LogP contribution in [0.1, 0.15) is 23.0 Å². The first-order valence-electron chi connectivity index (χ1n) is 7.94. The number of ether oxygens (including phenoxy) is 2. The maximum Gasteiger partial charge on any atom is 0.361 e. The molecule has 1 aromatic heterocycles. The van der Waals surface area contributed by atoms with Crippen molar-refractivity contribution in [1.29, 1.82) is 0 Å². The van der Waals surface area contributed by atoms with Gasteiger partial charge in [-0.1, -0.05) is 29.3 Å². The molecule has 0 aliphatic rings. The number of nitrogens with one attached hydrogen (secondary N) is 1. The molecule has 0 radical (unpaired) electrons. The molecule has 0 saturated carbocycles. The van der Waals surface area contributed by atoms with Gasteiger partial charge in [0, 0.05) is 16.1 Å². The van der Waals surface area contributed by atoms with E-state index in [0.29, 0.717) is 16.3 Å². The van der Waals surface area contributed by atoms with Gasteiger partial charge in [-0.15, -0.1) is 5.10 Å². The lowest BCUT2D eigenvalue weighted by Crippen LogP contribution is -2.07. The smallest absolute Gasteiger partial charge is 0.361 e. The number of halogens is 3. The number of benzene rings is 2. The highest BCUT2D eigenvalue weighted by atomic mass is 35.5. The van der Waals surface area contributed by atoms with Gasteiger partial charge in [0.15, 0.2) is 5.69 Å². The molecule has 1 heterocycles. The molecule has 2 aromatic carbocycles. The number of hydrogen-bond acceptors (Lipinski definition) is 5. The van der Waals surface area contributed by atoms with E-state index in [2.05, 4.69) is 15.4 Å². The Kier molecular flexibility index (Phi) is 5.93. The first-order chi connectivity index (χ1) is 13.0. The van der Waals surface area contributed by atoms with Crippen molar-refractivity contribution in [2.75, 3.05) is 6.61 Å². The Morgan fingerprint density at radius 3 is 2.78 bits per heavy atom. The van der Waals surface area contributed by atoms with E-state index in [1.807, 2.05) is 0 Å². The number of hydrogen-bond donors (Lipinski definition) is 1. The minimum absolute atomic E-state index is 0.00658. The molecule has 0 unspecified atom stereocenters. The van der Waals surface area contributed by atoms with Gasteiger partial charge in [0.1, 0.15) is 23.9 Å². The summed E-state index contributed by atoms with van der Waals surface area (Å²) in [5, 5.41) is 10.9. The van der Waals surface area contributed by atoms with E-state index >= 15 is 0 Å². The van der Waals surface area contributed by atoms with Crippen LogP contribution in [0.2, 0.25) is 10.0 Å². The number of nitrogens with zero attached hydrogens (tertiary/aromatic N) is 2. The zero-order chi connectivity index (χ0) is 19.4. The lowest BCUT2D eigenvalue weighted by atomic mass is 10.1. The van der Waals surface area contributed by atoms with Crippen LogP contribution in [-0.4, -0.2) is 28.0 Å². The lowest BCUT2D eigenvalue weighted by Gasteiger charge is -2.12. The maximum atomic E-state index is 14.0. The second-order valence-corrected chi connectivity index (χ2v) is 6.21. The molecule has 27 heavy (non-hydrogen) atoms. The van der Waals surface area contributed by atoms with Crippen molar-refractivity contribution in [2.45, 2.75) is 13.5 Å². The predicted octanol–water partition coefficient (Wildman–Crippen LogP) is 4.67. The van der Waals surface area contributed by atoms with Gasteiger partial charge in [0.05, 0.1) is 11.6 Å². The molecule has 0 amide bonds. The number of aromatic nitrogens is 3. The summed E-state index contributed by atoms with van der Waals surface area (Å²) in [7, 11) is 0. The topological polar surface area (TPSA) is 77.1 Å². The van der Waals surface area contributed by atoms with Crippen LogP contribution >= 0.6 is 23.2 Å². The minimum atomic E-state index is -0.635. The SMILES string of the molecule is CCOC(=O)c1n[nH]nc1-c1cc(Cl)ccc1OCc1c(F)cccc1Cl. The van der Waals surface area contributed by atoms with Gasteiger partial charge in [0.2, 0.25) is 0 Å². The molecule has 0 bridgehead atoms. The highest BCUT2D eigenvalue weighted by Gasteiger charge is 2.22. The quantitative estimate of drug-likeness (QED) is 0.598. The molecule has 6 nitrogen and oxygen atoms in total. The highest BCUT2D eigenvalue weighted by Crippen LogP contribution is 2.34. The summed E-state index contributed by atoms with van der Waals surface area (Å²) in [5.74, 6) is -0.783. The standard InChI is InChI=1S/C18H14Cl2FN3O3/c1-2-26-18(25)17-16(22-24-23-17)11-8-10(19)6-7-15(11)27-9-12-13(20)4-3-5-14(12)21/h3-8H,2,9H2,1H3,(H,22,23,24). The molecule has 0 aliphatic carbocycles. The third-order valence-corrected chi connectivity index (χ3v) is 4.24. The first kappa shape index (κ1) is 19.1. The first-order valence-corrected chi connectivity index (χ1v) is 8.70. The van der Waals surface area contributed by atoms with Gasteiger partial charge in [0.25, 0.3) is 0 Å². The Morgan fingerprint density at radius 2 is 2.04 bits per heavy atom. The summed E-state index contributed by atoms with van der Waals surface area (Å²) in [6.07, 6.45) is 0. The Bertz CT molecular complexity index is 958. The van der Waals surface area contributed by atoms with Crippen LogP contribution < -0.4 is 4.74 Å². The molecule has 0 atom stereocenters. The van der Waals surface area contributed by atoms with Crippen LogP contribution in [0.25, 0.3) is 11.3 Å². The van der Waals surface area contributed by atoms with E-state index < -0.39 is 11.8 Å². The number of esters is 1.